The van der Waals surface area contributed by atoms with Gasteiger partial charge < -0.3 is 5.32 Å². The van der Waals surface area contributed by atoms with Crippen molar-refractivity contribution in [3.05, 3.63) is 29.7 Å². The lowest BCUT2D eigenvalue weighted by molar-refractivity contribution is 0.0389. The van der Waals surface area contributed by atoms with Crippen LogP contribution in [0.2, 0.25) is 0 Å². The highest BCUT2D eigenvalue weighted by Crippen LogP contribution is 2.39. The van der Waals surface area contributed by atoms with E-state index in [4.69, 9.17) is 0 Å². The Morgan fingerprint density at radius 1 is 1.12 bits per heavy atom. The van der Waals surface area contributed by atoms with Crippen molar-refractivity contribution in [1.29, 1.82) is 0 Å². The van der Waals surface area contributed by atoms with Crippen molar-refractivity contribution < 1.29 is 4.79 Å². The first-order valence-corrected chi connectivity index (χ1v) is 9.55. The minimum absolute atomic E-state index is 0.0387. The van der Waals surface area contributed by atoms with E-state index in [2.05, 4.69) is 20.4 Å². The average molecular weight is 339 g/mol. The molecular formula is C19H25N5O. The molecule has 2 aliphatic carbocycles. The molecule has 2 atom stereocenters. The zero-order chi connectivity index (χ0) is 17.0. The van der Waals surface area contributed by atoms with Crippen LogP contribution in [0.5, 0.6) is 0 Å². The number of piperidine rings is 1. The Balaban J connectivity index is 1.34. The summed E-state index contributed by atoms with van der Waals surface area (Å²) in [4.78, 5) is 15.6. The number of likely N-dealkylation sites (tertiary alicyclic amines) is 1. The summed E-state index contributed by atoms with van der Waals surface area (Å²) in [6, 6.07) is 4.88. The SMILES string of the molecule is Cc1nnc2ccc(C(=O)NC3C4CCCC3CN(C3CC3)C4)cn12. The van der Waals surface area contributed by atoms with Gasteiger partial charge in [0.05, 0.1) is 5.56 Å². The highest BCUT2D eigenvalue weighted by Gasteiger charge is 2.43. The van der Waals surface area contributed by atoms with Crippen molar-refractivity contribution in [3.63, 3.8) is 0 Å². The lowest BCUT2D eigenvalue weighted by Crippen LogP contribution is -2.58. The molecule has 2 aromatic rings. The van der Waals surface area contributed by atoms with E-state index in [-0.39, 0.29) is 5.91 Å². The fourth-order valence-electron chi connectivity index (χ4n) is 4.82. The van der Waals surface area contributed by atoms with Crippen LogP contribution < -0.4 is 5.32 Å². The maximum Gasteiger partial charge on any atom is 0.253 e. The van der Waals surface area contributed by atoms with E-state index < -0.39 is 0 Å². The van der Waals surface area contributed by atoms with Gasteiger partial charge in [0.2, 0.25) is 0 Å². The molecule has 3 aliphatic rings. The summed E-state index contributed by atoms with van der Waals surface area (Å²) in [7, 11) is 0. The van der Waals surface area contributed by atoms with Crippen molar-refractivity contribution in [1.82, 2.24) is 24.8 Å². The molecule has 3 fully saturated rings. The van der Waals surface area contributed by atoms with Crippen molar-refractivity contribution >= 4 is 11.6 Å². The molecule has 132 valence electrons. The number of rotatable bonds is 3. The second-order valence-corrected chi connectivity index (χ2v) is 8.03. The van der Waals surface area contributed by atoms with Gasteiger partial charge in [0.15, 0.2) is 5.65 Å². The van der Waals surface area contributed by atoms with Crippen LogP contribution in [-0.4, -0.2) is 50.6 Å². The molecule has 25 heavy (non-hydrogen) atoms. The Hall–Kier alpha value is -1.95. The molecule has 6 nitrogen and oxygen atoms in total. The first-order chi connectivity index (χ1) is 12.2. The Morgan fingerprint density at radius 2 is 1.88 bits per heavy atom. The Kier molecular flexibility index (Phi) is 3.55. The largest absolute Gasteiger partial charge is 0.349 e. The van der Waals surface area contributed by atoms with Crippen LogP contribution in [0, 0.1) is 18.8 Å². The standard InChI is InChI=1S/C19H25N5O/c1-12-21-22-17-8-5-15(11-24(12)17)19(25)20-18-13-3-2-4-14(18)10-23(9-13)16-6-7-16/h5,8,11,13-14,16,18H,2-4,6-7,9-10H2,1H3,(H,20,25). The van der Waals surface area contributed by atoms with Gasteiger partial charge in [0.25, 0.3) is 5.91 Å². The number of pyridine rings is 1. The van der Waals surface area contributed by atoms with E-state index in [9.17, 15) is 4.79 Å². The number of carbonyl (C=O) groups excluding carboxylic acids is 1. The first kappa shape index (κ1) is 15.3. The van der Waals surface area contributed by atoms with E-state index in [1.165, 1.54) is 32.1 Å². The minimum Gasteiger partial charge on any atom is -0.349 e. The van der Waals surface area contributed by atoms with Gasteiger partial charge in [-0.3, -0.25) is 14.1 Å². The molecule has 0 radical (unpaired) electrons. The lowest BCUT2D eigenvalue weighted by Gasteiger charge is -2.47. The predicted molar refractivity (Wildman–Crippen MR) is 94.4 cm³/mol. The van der Waals surface area contributed by atoms with Crippen molar-refractivity contribution in [2.24, 2.45) is 11.8 Å². The molecule has 1 saturated heterocycles. The molecule has 0 aromatic carbocycles. The minimum atomic E-state index is 0.0387. The summed E-state index contributed by atoms with van der Waals surface area (Å²) >= 11 is 0. The van der Waals surface area contributed by atoms with Crippen molar-refractivity contribution in [3.8, 4) is 0 Å². The van der Waals surface area contributed by atoms with E-state index >= 15 is 0 Å². The van der Waals surface area contributed by atoms with E-state index in [0.717, 1.165) is 30.6 Å². The van der Waals surface area contributed by atoms with Crippen LogP contribution in [0.25, 0.3) is 5.65 Å². The molecule has 2 bridgehead atoms. The molecule has 3 heterocycles. The predicted octanol–water partition coefficient (Wildman–Crippen LogP) is 2.03. The Morgan fingerprint density at radius 3 is 2.60 bits per heavy atom. The third-order valence-electron chi connectivity index (χ3n) is 6.30. The molecule has 6 heteroatoms. The van der Waals surface area contributed by atoms with Gasteiger partial charge in [-0.25, -0.2) is 0 Å². The number of hydrogen-bond acceptors (Lipinski definition) is 4. The van der Waals surface area contributed by atoms with Gasteiger partial charge in [0.1, 0.15) is 5.82 Å². The fourth-order valence-corrected chi connectivity index (χ4v) is 4.82. The molecule has 2 unspecified atom stereocenters. The van der Waals surface area contributed by atoms with Gasteiger partial charge in [-0.2, -0.15) is 0 Å². The number of fused-ring (bicyclic) bond motifs is 3. The quantitative estimate of drug-likeness (QED) is 0.929. The van der Waals surface area contributed by atoms with Crippen molar-refractivity contribution in [2.45, 2.75) is 51.1 Å². The molecule has 2 aromatic heterocycles. The normalized spacial score (nSPS) is 29.7. The van der Waals surface area contributed by atoms with Crippen LogP contribution >= 0.6 is 0 Å². The van der Waals surface area contributed by atoms with Gasteiger partial charge in [-0.15, -0.1) is 10.2 Å². The monoisotopic (exact) mass is 339 g/mol. The maximum absolute atomic E-state index is 12.9. The molecule has 2 saturated carbocycles. The smallest absolute Gasteiger partial charge is 0.253 e. The third kappa shape index (κ3) is 2.72. The molecule has 1 amide bonds. The van der Waals surface area contributed by atoms with Crippen LogP contribution in [-0.2, 0) is 0 Å². The highest BCUT2D eigenvalue weighted by atomic mass is 16.1. The zero-order valence-electron chi connectivity index (χ0n) is 14.7. The summed E-state index contributed by atoms with van der Waals surface area (Å²) in [5.74, 6) is 2.06. The average Bonchev–Trinajstić information content (AvgIpc) is 3.38. The van der Waals surface area contributed by atoms with Gasteiger partial charge in [0, 0.05) is 31.4 Å². The van der Waals surface area contributed by atoms with Crippen LogP contribution in [0.4, 0.5) is 0 Å². The maximum atomic E-state index is 12.9. The number of nitrogens with one attached hydrogen (secondary N) is 1. The second kappa shape index (κ2) is 5.80. The number of carbonyl (C=O) groups is 1. The fraction of sp³-hybridized carbons (Fsp3) is 0.632. The topological polar surface area (TPSA) is 62.5 Å². The zero-order valence-corrected chi connectivity index (χ0v) is 14.7. The molecule has 5 rings (SSSR count). The summed E-state index contributed by atoms with van der Waals surface area (Å²) < 4.78 is 1.88. The molecule has 1 N–H and O–H groups in total. The van der Waals surface area contributed by atoms with Gasteiger partial charge >= 0.3 is 0 Å². The van der Waals surface area contributed by atoms with E-state index in [1.807, 2.05) is 29.7 Å². The molecular weight excluding hydrogens is 314 g/mol. The molecule has 0 spiro atoms. The van der Waals surface area contributed by atoms with Crippen LogP contribution in [0.1, 0.15) is 48.3 Å². The van der Waals surface area contributed by atoms with Gasteiger partial charge in [-0.05, 0) is 56.6 Å². The number of nitrogens with zero attached hydrogens (tertiary/aromatic N) is 4. The lowest BCUT2D eigenvalue weighted by atomic mass is 9.73. The summed E-state index contributed by atoms with van der Waals surface area (Å²) in [6.45, 7) is 4.23. The van der Waals surface area contributed by atoms with Crippen LogP contribution in [0.15, 0.2) is 18.3 Å². The Labute approximate surface area is 147 Å². The highest BCUT2D eigenvalue weighted by molar-refractivity contribution is 5.94. The van der Waals surface area contributed by atoms with Gasteiger partial charge in [-0.1, -0.05) is 6.42 Å². The summed E-state index contributed by atoms with van der Waals surface area (Å²) in [6.07, 6.45) is 8.40. The number of aromatic nitrogens is 3. The summed E-state index contributed by atoms with van der Waals surface area (Å²) in [5, 5.41) is 11.5. The third-order valence-corrected chi connectivity index (χ3v) is 6.30. The first-order valence-electron chi connectivity index (χ1n) is 9.55. The number of aryl methyl sites for hydroxylation is 1. The Bertz CT molecular complexity index is 797. The van der Waals surface area contributed by atoms with Crippen molar-refractivity contribution in [2.75, 3.05) is 13.1 Å². The number of hydrogen-bond donors (Lipinski definition) is 1. The van der Waals surface area contributed by atoms with Crippen LogP contribution in [0.3, 0.4) is 0 Å². The summed E-state index contributed by atoms with van der Waals surface area (Å²) in [5.41, 5.74) is 1.47. The second-order valence-electron chi connectivity index (χ2n) is 8.03. The number of amides is 1. The van der Waals surface area contributed by atoms with E-state index in [0.29, 0.717) is 23.4 Å². The van der Waals surface area contributed by atoms with E-state index in [1.54, 1.807) is 0 Å². The molecule has 1 aliphatic heterocycles.